The second-order valence-electron chi connectivity index (χ2n) is 10.00. The lowest BCUT2D eigenvalue weighted by atomic mass is 9.49. The van der Waals surface area contributed by atoms with E-state index in [2.05, 4.69) is 5.32 Å². The zero-order chi connectivity index (χ0) is 20.2. The normalized spacial score (nSPS) is 36.4. The van der Waals surface area contributed by atoms with Crippen LogP contribution in [-0.2, 0) is 14.8 Å². The number of anilines is 1. The van der Waals surface area contributed by atoms with Gasteiger partial charge in [0.25, 0.3) is 0 Å². The van der Waals surface area contributed by atoms with Gasteiger partial charge < -0.3 is 11.1 Å². The summed E-state index contributed by atoms with van der Waals surface area (Å²) in [6.07, 6.45) is 7.94. The molecule has 1 saturated heterocycles. The molecule has 158 valence electrons. The average Bonchev–Trinajstić information content (AvgIpc) is 3.15. The van der Waals surface area contributed by atoms with Crippen LogP contribution in [0.5, 0.6) is 0 Å². The van der Waals surface area contributed by atoms with Crippen molar-refractivity contribution in [3.8, 4) is 0 Å². The van der Waals surface area contributed by atoms with Gasteiger partial charge in [-0.2, -0.15) is 4.31 Å². The van der Waals surface area contributed by atoms with Crippen LogP contribution in [0, 0.1) is 29.1 Å². The number of carbonyl (C=O) groups is 1. The molecule has 5 fully saturated rings. The summed E-state index contributed by atoms with van der Waals surface area (Å²) < 4.78 is 27.3. The Labute approximate surface area is 173 Å². The summed E-state index contributed by atoms with van der Waals surface area (Å²) in [6.45, 7) is 1.52. The number of nitrogens with one attached hydrogen (secondary N) is 1. The minimum Gasteiger partial charge on any atom is -0.399 e. The van der Waals surface area contributed by atoms with E-state index in [0.717, 1.165) is 43.4 Å². The molecule has 1 aromatic rings. The van der Waals surface area contributed by atoms with Crippen LogP contribution in [0.15, 0.2) is 29.2 Å². The second-order valence-corrected chi connectivity index (χ2v) is 11.9. The number of carbonyl (C=O) groups excluding carboxylic acids is 1. The fourth-order valence-corrected chi connectivity index (χ4v) is 8.41. The third-order valence-electron chi connectivity index (χ3n) is 7.82. The maximum atomic E-state index is 13.1. The number of hydrogen-bond acceptors (Lipinski definition) is 4. The Morgan fingerprint density at radius 1 is 1.14 bits per heavy atom. The predicted molar refractivity (Wildman–Crippen MR) is 111 cm³/mol. The molecule has 1 amide bonds. The van der Waals surface area contributed by atoms with Gasteiger partial charge in [-0.3, -0.25) is 4.79 Å². The first-order valence-corrected chi connectivity index (χ1v) is 12.4. The van der Waals surface area contributed by atoms with Crippen molar-refractivity contribution in [1.29, 1.82) is 0 Å². The Hall–Kier alpha value is -1.60. The molecule has 0 aromatic heterocycles. The molecule has 0 spiro atoms. The fourth-order valence-electron chi connectivity index (χ4n) is 6.82. The van der Waals surface area contributed by atoms with E-state index in [-0.39, 0.29) is 22.1 Å². The van der Waals surface area contributed by atoms with Crippen molar-refractivity contribution >= 4 is 21.6 Å². The minimum absolute atomic E-state index is 0.138. The number of nitrogens with zero attached hydrogens (tertiary/aromatic N) is 1. The van der Waals surface area contributed by atoms with E-state index in [1.54, 1.807) is 18.2 Å². The first-order chi connectivity index (χ1) is 13.8. The number of sulfonamides is 1. The molecular formula is C22H31N3O3S. The second kappa shape index (κ2) is 6.98. The molecule has 1 aliphatic heterocycles. The van der Waals surface area contributed by atoms with Crippen molar-refractivity contribution in [3.63, 3.8) is 0 Å². The van der Waals surface area contributed by atoms with Gasteiger partial charge in [0.1, 0.15) is 0 Å². The molecule has 0 radical (unpaired) electrons. The van der Waals surface area contributed by atoms with Gasteiger partial charge in [-0.05, 0) is 86.8 Å². The molecule has 1 heterocycles. The third kappa shape index (κ3) is 3.46. The largest absolute Gasteiger partial charge is 0.399 e. The van der Waals surface area contributed by atoms with E-state index in [1.165, 1.54) is 29.6 Å². The molecule has 1 atom stereocenters. The number of nitrogen functional groups attached to an aromatic ring is 1. The molecular weight excluding hydrogens is 386 g/mol. The van der Waals surface area contributed by atoms with Crippen LogP contribution in [0.4, 0.5) is 5.69 Å². The lowest BCUT2D eigenvalue weighted by molar-refractivity contribution is -0.146. The van der Waals surface area contributed by atoms with Crippen LogP contribution < -0.4 is 11.1 Å². The van der Waals surface area contributed by atoms with Crippen LogP contribution >= 0.6 is 0 Å². The topological polar surface area (TPSA) is 92.5 Å². The Bertz CT molecular complexity index is 878. The highest BCUT2D eigenvalue weighted by atomic mass is 32.2. The summed E-state index contributed by atoms with van der Waals surface area (Å²) in [7, 11) is -3.53. The molecule has 4 saturated carbocycles. The van der Waals surface area contributed by atoms with Gasteiger partial charge in [-0.25, -0.2) is 8.42 Å². The van der Waals surface area contributed by atoms with Crippen LogP contribution in [0.2, 0.25) is 0 Å². The van der Waals surface area contributed by atoms with Gasteiger partial charge in [-0.1, -0.05) is 6.07 Å². The molecule has 4 aliphatic carbocycles. The Kier molecular flexibility index (Phi) is 4.66. The highest BCUT2D eigenvalue weighted by Gasteiger charge is 2.54. The van der Waals surface area contributed by atoms with Crippen molar-refractivity contribution < 1.29 is 13.2 Å². The summed E-state index contributed by atoms with van der Waals surface area (Å²) >= 11 is 0. The van der Waals surface area contributed by atoms with Crippen molar-refractivity contribution in [3.05, 3.63) is 24.3 Å². The molecule has 4 bridgehead atoms. The van der Waals surface area contributed by atoms with Crippen molar-refractivity contribution in [2.24, 2.45) is 29.1 Å². The lowest BCUT2D eigenvalue weighted by Gasteiger charge is -2.55. The molecule has 6 nitrogen and oxygen atoms in total. The smallest absolute Gasteiger partial charge is 0.243 e. The standard InChI is InChI=1S/C22H31N3O3S/c23-19-2-1-3-20(9-19)29(27,28)25-5-4-15(14-25)13-24-21(26)22-10-16-6-17(11-22)8-18(7-16)12-22/h1-3,9,15-18H,4-8,10-14,23H2,(H,24,26). The first-order valence-electron chi connectivity index (χ1n) is 11.0. The van der Waals surface area contributed by atoms with E-state index in [4.69, 9.17) is 5.73 Å². The molecule has 29 heavy (non-hydrogen) atoms. The number of rotatable bonds is 5. The maximum Gasteiger partial charge on any atom is 0.243 e. The van der Waals surface area contributed by atoms with Gasteiger partial charge in [0, 0.05) is 30.7 Å². The fraction of sp³-hybridized carbons (Fsp3) is 0.682. The molecule has 7 heteroatoms. The van der Waals surface area contributed by atoms with E-state index in [9.17, 15) is 13.2 Å². The quantitative estimate of drug-likeness (QED) is 0.721. The Balaban J connectivity index is 1.19. The van der Waals surface area contributed by atoms with Gasteiger partial charge in [0.05, 0.1) is 4.90 Å². The third-order valence-corrected chi connectivity index (χ3v) is 9.68. The van der Waals surface area contributed by atoms with Gasteiger partial charge in [-0.15, -0.1) is 0 Å². The molecule has 3 N–H and O–H groups in total. The first kappa shape index (κ1) is 19.4. The van der Waals surface area contributed by atoms with Crippen LogP contribution in [0.3, 0.4) is 0 Å². The summed E-state index contributed by atoms with van der Waals surface area (Å²) in [5.41, 5.74) is 6.07. The molecule has 1 unspecified atom stereocenters. The highest BCUT2D eigenvalue weighted by Crippen LogP contribution is 2.60. The molecule has 1 aromatic carbocycles. The van der Waals surface area contributed by atoms with Crippen molar-refractivity contribution in [2.75, 3.05) is 25.4 Å². The monoisotopic (exact) mass is 417 g/mol. The number of benzene rings is 1. The summed E-state index contributed by atoms with van der Waals surface area (Å²) in [5.74, 6) is 2.64. The predicted octanol–water partition coefficient (Wildman–Crippen LogP) is 2.61. The maximum absolute atomic E-state index is 13.1. The van der Waals surface area contributed by atoms with E-state index < -0.39 is 10.0 Å². The minimum atomic E-state index is -3.53. The average molecular weight is 418 g/mol. The zero-order valence-corrected chi connectivity index (χ0v) is 17.7. The number of amides is 1. The lowest BCUT2D eigenvalue weighted by Crippen LogP contribution is -2.54. The van der Waals surface area contributed by atoms with Crippen LogP contribution in [0.1, 0.15) is 44.9 Å². The van der Waals surface area contributed by atoms with Crippen LogP contribution in [0.25, 0.3) is 0 Å². The Morgan fingerprint density at radius 2 is 1.79 bits per heavy atom. The SMILES string of the molecule is Nc1cccc(S(=O)(=O)N2CCC(CNC(=O)C34CC5CC(CC(C5)C3)C4)C2)c1. The summed E-state index contributed by atoms with van der Waals surface area (Å²) in [5, 5.41) is 3.22. The van der Waals surface area contributed by atoms with E-state index in [1.807, 2.05) is 0 Å². The molecule has 6 rings (SSSR count). The molecule has 5 aliphatic rings. The van der Waals surface area contributed by atoms with Gasteiger partial charge >= 0.3 is 0 Å². The van der Waals surface area contributed by atoms with Gasteiger partial charge in [0.2, 0.25) is 15.9 Å². The zero-order valence-electron chi connectivity index (χ0n) is 16.8. The van der Waals surface area contributed by atoms with Gasteiger partial charge in [0.15, 0.2) is 0 Å². The Morgan fingerprint density at radius 3 is 2.41 bits per heavy atom. The highest BCUT2D eigenvalue weighted by molar-refractivity contribution is 7.89. The number of hydrogen-bond donors (Lipinski definition) is 2. The van der Waals surface area contributed by atoms with Crippen molar-refractivity contribution in [1.82, 2.24) is 9.62 Å². The van der Waals surface area contributed by atoms with E-state index in [0.29, 0.717) is 25.3 Å². The summed E-state index contributed by atoms with van der Waals surface area (Å²) in [4.78, 5) is 13.4. The number of nitrogens with two attached hydrogens (primary N) is 1. The van der Waals surface area contributed by atoms with E-state index >= 15 is 0 Å². The van der Waals surface area contributed by atoms with Crippen LogP contribution in [-0.4, -0.2) is 38.3 Å². The summed E-state index contributed by atoms with van der Waals surface area (Å²) in [6, 6.07) is 6.46. The van der Waals surface area contributed by atoms with Crippen molar-refractivity contribution in [2.45, 2.75) is 49.8 Å².